The van der Waals surface area contributed by atoms with E-state index in [0.717, 1.165) is 18.3 Å². The lowest BCUT2D eigenvalue weighted by Gasteiger charge is -2.32. The minimum absolute atomic E-state index is 0.0514. The molecule has 0 radical (unpaired) electrons. The highest BCUT2D eigenvalue weighted by atomic mass is 32.2. The third-order valence-electron chi connectivity index (χ3n) is 6.84. The van der Waals surface area contributed by atoms with Gasteiger partial charge in [0.2, 0.25) is 5.91 Å². The molecule has 0 aromatic carbocycles. The van der Waals surface area contributed by atoms with Crippen molar-refractivity contribution in [2.45, 2.75) is 109 Å². The predicted octanol–water partition coefficient (Wildman–Crippen LogP) is 3.41. The first-order chi connectivity index (χ1) is 16.6. The van der Waals surface area contributed by atoms with Crippen LogP contribution >= 0.6 is 11.8 Å². The Bertz CT molecular complexity index is 919. The van der Waals surface area contributed by atoms with Crippen molar-refractivity contribution in [2.24, 2.45) is 5.92 Å². The maximum absolute atomic E-state index is 13.4. The first-order valence-electron chi connectivity index (χ1n) is 12.7. The molecule has 0 unspecified atom stereocenters. The van der Waals surface area contributed by atoms with Crippen LogP contribution < -0.4 is 10.8 Å². The van der Waals surface area contributed by atoms with Crippen molar-refractivity contribution in [3.8, 4) is 0 Å². The van der Waals surface area contributed by atoms with E-state index in [1.54, 1.807) is 33.2 Å². The molecule has 0 bridgehead atoms. The fourth-order valence-electron chi connectivity index (χ4n) is 4.10. The summed E-state index contributed by atoms with van der Waals surface area (Å²) < 4.78 is 17.5. The van der Waals surface area contributed by atoms with Crippen LogP contribution in [0.5, 0.6) is 0 Å². The number of aromatic nitrogens is 2. The maximum atomic E-state index is 13.4. The van der Waals surface area contributed by atoms with Gasteiger partial charge in [-0.25, -0.2) is 14.8 Å². The number of hydrogen-bond donors (Lipinski definition) is 1. The van der Waals surface area contributed by atoms with Crippen LogP contribution in [0.25, 0.3) is 0 Å². The normalized spacial score (nSPS) is 22.1. The average Bonchev–Trinajstić information content (AvgIpc) is 3.30. The minimum atomic E-state index is -0.638. The van der Waals surface area contributed by atoms with E-state index in [2.05, 4.69) is 15.3 Å². The highest BCUT2D eigenvalue weighted by Gasteiger charge is 2.52. The topological polar surface area (TPSA) is 103 Å². The fraction of sp³-hybridized carbons (Fsp3) is 0.760. The maximum Gasteiger partial charge on any atom is 0.498 e. The Hall–Kier alpha value is -1.85. The molecule has 200 valence electrons. The van der Waals surface area contributed by atoms with Gasteiger partial charge in [-0.15, -0.1) is 0 Å². The molecule has 9 nitrogen and oxygen atoms in total. The van der Waals surface area contributed by atoms with Gasteiger partial charge in [-0.05, 0) is 67.2 Å². The van der Waals surface area contributed by atoms with E-state index in [-0.39, 0.29) is 17.9 Å². The van der Waals surface area contributed by atoms with Crippen molar-refractivity contribution in [2.75, 3.05) is 12.3 Å². The van der Waals surface area contributed by atoms with E-state index in [1.165, 1.54) is 11.8 Å². The van der Waals surface area contributed by atoms with Crippen molar-refractivity contribution in [1.82, 2.24) is 20.2 Å². The molecule has 3 heterocycles. The van der Waals surface area contributed by atoms with E-state index in [0.29, 0.717) is 17.5 Å². The van der Waals surface area contributed by atoms with Crippen molar-refractivity contribution >= 4 is 36.3 Å². The summed E-state index contributed by atoms with van der Waals surface area (Å²) in [6.45, 7) is 18.0. The molecule has 11 heteroatoms. The highest BCUT2D eigenvalue weighted by Crippen LogP contribution is 2.36. The first-order valence-corrected chi connectivity index (χ1v) is 13.7. The van der Waals surface area contributed by atoms with Gasteiger partial charge in [0.1, 0.15) is 11.6 Å². The predicted molar refractivity (Wildman–Crippen MR) is 141 cm³/mol. The quantitative estimate of drug-likeness (QED) is 0.332. The zero-order valence-electron chi connectivity index (χ0n) is 23.1. The molecule has 1 N–H and O–H groups in total. The number of carbonyl (C=O) groups is 2. The number of rotatable bonds is 7. The summed E-state index contributed by atoms with van der Waals surface area (Å²) in [5.74, 6) is 0.541. The van der Waals surface area contributed by atoms with Gasteiger partial charge >= 0.3 is 13.2 Å². The van der Waals surface area contributed by atoms with Crippen LogP contribution in [0.4, 0.5) is 4.79 Å². The Labute approximate surface area is 220 Å². The number of alkyl carbamates (subject to hydrolysis) is 1. The van der Waals surface area contributed by atoms with Crippen molar-refractivity contribution < 1.29 is 23.6 Å². The number of amides is 2. The molecule has 3 rings (SSSR count). The highest BCUT2D eigenvalue weighted by molar-refractivity contribution is 7.99. The second-order valence-electron chi connectivity index (χ2n) is 11.9. The van der Waals surface area contributed by atoms with Gasteiger partial charge in [-0.1, -0.05) is 25.6 Å². The van der Waals surface area contributed by atoms with Crippen LogP contribution in [-0.4, -0.2) is 75.2 Å². The summed E-state index contributed by atoms with van der Waals surface area (Å²) in [6.07, 6.45) is 4.75. The third kappa shape index (κ3) is 6.92. The molecule has 2 fully saturated rings. The Morgan fingerprint density at radius 2 is 1.78 bits per heavy atom. The number of hydrogen-bond acceptors (Lipinski definition) is 8. The van der Waals surface area contributed by atoms with E-state index < -0.39 is 36.1 Å². The van der Waals surface area contributed by atoms with Crippen LogP contribution in [0.15, 0.2) is 17.6 Å². The van der Waals surface area contributed by atoms with E-state index in [1.807, 2.05) is 46.4 Å². The zero-order chi connectivity index (χ0) is 26.9. The van der Waals surface area contributed by atoms with Crippen molar-refractivity contribution in [1.29, 1.82) is 0 Å². The standard InChI is InChI=1S/C25H41BN4O5S/c1-16(2)19(29-22(32)33-23(3,4)5)20(31)30-12-10-11-18(30)15-36-21-27-13-17(14-28-21)26-34-24(6,7)25(8,9)35-26/h13-14,16,18-19H,10-12,15H2,1-9H3,(H,29,32)/t18-,19-/m1/s1. The third-order valence-corrected chi connectivity index (χ3v) is 7.86. The van der Waals surface area contributed by atoms with Crippen LogP contribution in [-0.2, 0) is 18.8 Å². The number of nitrogens with zero attached hydrogens (tertiary/aromatic N) is 3. The van der Waals surface area contributed by atoms with Gasteiger partial charge in [-0.3, -0.25) is 4.79 Å². The van der Waals surface area contributed by atoms with Crippen LogP contribution in [0.1, 0.15) is 75.2 Å². The van der Waals surface area contributed by atoms with E-state index in [4.69, 9.17) is 14.0 Å². The van der Waals surface area contributed by atoms with Gasteiger partial charge in [0.05, 0.1) is 11.2 Å². The fourth-order valence-corrected chi connectivity index (χ4v) is 5.04. The van der Waals surface area contributed by atoms with Crippen molar-refractivity contribution in [3.63, 3.8) is 0 Å². The molecule has 1 aromatic rings. The number of likely N-dealkylation sites (tertiary alicyclic amines) is 1. The van der Waals surface area contributed by atoms with Gasteiger partial charge in [-0.2, -0.15) is 0 Å². The lowest BCUT2D eigenvalue weighted by Crippen LogP contribution is -2.53. The van der Waals surface area contributed by atoms with Crippen LogP contribution in [0, 0.1) is 5.92 Å². The molecule has 2 aliphatic heterocycles. The smallest absolute Gasteiger partial charge is 0.444 e. The summed E-state index contributed by atoms with van der Waals surface area (Å²) in [5.41, 5.74) is -0.686. The second kappa shape index (κ2) is 10.9. The SMILES string of the molecule is CC(C)[C@@H](NC(=O)OC(C)(C)C)C(=O)N1CCC[C@@H]1CSc1ncc(B2OC(C)(C)C(C)(C)O2)cn1. The minimum Gasteiger partial charge on any atom is -0.444 e. The Kier molecular flexibility index (Phi) is 8.67. The zero-order valence-corrected chi connectivity index (χ0v) is 23.9. The molecule has 2 saturated heterocycles. The first kappa shape index (κ1) is 28.7. The second-order valence-corrected chi connectivity index (χ2v) is 12.9. The number of nitrogens with one attached hydrogen (secondary N) is 1. The van der Waals surface area contributed by atoms with Crippen LogP contribution in [0.2, 0.25) is 0 Å². The molecule has 2 atom stereocenters. The lowest BCUT2D eigenvalue weighted by molar-refractivity contribution is -0.135. The molecule has 36 heavy (non-hydrogen) atoms. The average molecular weight is 521 g/mol. The number of carbonyl (C=O) groups excluding carboxylic acids is 2. The molecule has 2 aliphatic rings. The molecule has 1 aromatic heterocycles. The molecule has 0 saturated carbocycles. The summed E-state index contributed by atoms with van der Waals surface area (Å²) in [7, 11) is -0.498. The van der Waals surface area contributed by atoms with Gasteiger partial charge in [0, 0.05) is 36.2 Å². The van der Waals surface area contributed by atoms with E-state index >= 15 is 0 Å². The summed E-state index contributed by atoms with van der Waals surface area (Å²) in [5, 5.41) is 3.42. The summed E-state index contributed by atoms with van der Waals surface area (Å²) in [4.78, 5) is 36.6. The van der Waals surface area contributed by atoms with Crippen LogP contribution in [0.3, 0.4) is 0 Å². The molecule has 0 spiro atoms. The monoisotopic (exact) mass is 520 g/mol. The Balaban J connectivity index is 1.58. The number of thioether (sulfide) groups is 1. The van der Waals surface area contributed by atoms with Gasteiger partial charge < -0.3 is 24.3 Å². The van der Waals surface area contributed by atoms with E-state index in [9.17, 15) is 9.59 Å². The molecular formula is C25H41BN4O5S. The number of ether oxygens (including phenoxy) is 1. The van der Waals surface area contributed by atoms with Gasteiger partial charge in [0.25, 0.3) is 0 Å². The summed E-state index contributed by atoms with van der Waals surface area (Å²) >= 11 is 1.52. The lowest BCUT2D eigenvalue weighted by atomic mass is 9.81. The summed E-state index contributed by atoms with van der Waals surface area (Å²) in [6, 6.07) is -0.587. The van der Waals surface area contributed by atoms with Crippen molar-refractivity contribution in [3.05, 3.63) is 12.4 Å². The Morgan fingerprint density at radius 3 is 2.31 bits per heavy atom. The van der Waals surface area contributed by atoms with Gasteiger partial charge in [0.15, 0.2) is 5.16 Å². The molecular weight excluding hydrogens is 479 g/mol. The largest absolute Gasteiger partial charge is 0.498 e. The molecule has 0 aliphatic carbocycles. The molecule has 2 amide bonds. The Morgan fingerprint density at radius 1 is 1.19 bits per heavy atom.